The Balaban J connectivity index is 0.000000391. The summed E-state index contributed by atoms with van der Waals surface area (Å²) in [5, 5.41) is 21.3. The number of aryl methyl sites for hydroxylation is 1. The molecule has 0 unspecified atom stereocenters. The van der Waals surface area contributed by atoms with Crippen LogP contribution >= 0.6 is 23.2 Å². The average Bonchev–Trinajstić information content (AvgIpc) is 3.32. The number of anilines is 1. The number of hydrogen-bond acceptors (Lipinski definition) is 9. The van der Waals surface area contributed by atoms with Crippen molar-refractivity contribution in [3.05, 3.63) is 69.1 Å². The van der Waals surface area contributed by atoms with E-state index in [0.717, 1.165) is 17.5 Å². The molecule has 11 nitrogen and oxygen atoms in total. The van der Waals surface area contributed by atoms with Crippen molar-refractivity contribution in [3.63, 3.8) is 0 Å². The molecule has 0 radical (unpaired) electrons. The van der Waals surface area contributed by atoms with Crippen molar-refractivity contribution < 1.29 is 22.8 Å². The molecule has 0 aliphatic rings. The maximum absolute atomic E-state index is 12.2. The van der Waals surface area contributed by atoms with Gasteiger partial charge in [-0.1, -0.05) is 23.2 Å². The van der Waals surface area contributed by atoms with Crippen LogP contribution in [0.4, 0.5) is 18.9 Å². The van der Waals surface area contributed by atoms with Gasteiger partial charge in [-0.25, -0.2) is 9.67 Å². The van der Waals surface area contributed by atoms with Crippen molar-refractivity contribution >= 4 is 47.3 Å². The number of aromatic nitrogens is 3. The molecule has 3 aromatic rings. The first-order chi connectivity index (χ1) is 18.9. The predicted octanol–water partition coefficient (Wildman–Crippen LogP) is 3.89. The Morgan fingerprint density at radius 2 is 1.93 bits per heavy atom. The monoisotopic (exact) mass is 599 g/mol. The second kappa shape index (κ2) is 16.7. The maximum Gasteiger partial charge on any atom is 0.450 e. The van der Waals surface area contributed by atoms with E-state index in [1.807, 2.05) is 19.1 Å². The average molecular weight is 600 g/mol. The highest BCUT2D eigenvalue weighted by Crippen LogP contribution is 2.23. The van der Waals surface area contributed by atoms with Gasteiger partial charge in [0, 0.05) is 29.5 Å². The molecular weight excluding hydrogens is 574 g/mol. The van der Waals surface area contributed by atoms with Crippen molar-refractivity contribution in [2.45, 2.75) is 19.6 Å². The molecule has 0 amide bonds. The Hall–Kier alpha value is -4.19. The molecule has 0 bridgehead atoms. The lowest BCUT2D eigenvalue weighted by atomic mass is 10.1. The molecule has 40 heavy (non-hydrogen) atoms. The molecule has 0 aliphatic carbocycles. The van der Waals surface area contributed by atoms with Crippen molar-refractivity contribution in [1.82, 2.24) is 25.5 Å². The van der Waals surface area contributed by atoms with E-state index >= 15 is 0 Å². The standard InChI is InChI=1S/C12H10ClF3N6O.C9H10ClNO.C3H6N2/c13-9-2-1-3-18-10(9)22-8(6-23)4-7(21-22)5-19-20-11(17)12(14,15)16;1-6-3-8(10)4-7(5-12)9(6)11-2;1-5-3-2-4/h1-4,6,19H,5H2,(H2,17,20);3-5,11H,1-2H3;5H,3H2,1H3. The second-order valence-electron chi connectivity index (χ2n) is 7.47. The van der Waals surface area contributed by atoms with Crippen LogP contribution in [-0.2, 0) is 6.54 Å². The Morgan fingerprint density at radius 3 is 2.42 bits per heavy atom. The normalized spacial score (nSPS) is 10.7. The number of amidine groups is 1. The third-order valence-corrected chi connectivity index (χ3v) is 5.07. The minimum atomic E-state index is -4.72. The molecule has 3 rings (SSSR count). The van der Waals surface area contributed by atoms with E-state index in [2.05, 4.69) is 31.2 Å². The molecule has 0 fully saturated rings. The summed E-state index contributed by atoms with van der Waals surface area (Å²) in [4.78, 5) is 25.7. The minimum absolute atomic E-state index is 0.134. The van der Waals surface area contributed by atoms with E-state index in [4.69, 9.17) is 34.2 Å². The number of aldehydes is 2. The molecule has 0 saturated heterocycles. The van der Waals surface area contributed by atoms with Gasteiger partial charge >= 0.3 is 6.18 Å². The summed E-state index contributed by atoms with van der Waals surface area (Å²) in [6.45, 7) is 2.18. The highest BCUT2D eigenvalue weighted by atomic mass is 35.5. The van der Waals surface area contributed by atoms with Crippen LogP contribution in [0.5, 0.6) is 0 Å². The second-order valence-corrected chi connectivity index (χ2v) is 8.32. The number of benzene rings is 1. The Kier molecular flexibility index (Phi) is 14.1. The van der Waals surface area contributed by atoms with Gasteiger partial charge in [-0.15, -0.1) is 0 Å². The van der Waals surface area contributed by atoms with E-state index in [-0.39, 0.29) is 28.8 Å². The maximum atomic E-state index is 12.2. The van der Waals surface area contributed by atoms with Crippen molar-refractivity contribution in [2.24, 2.45) is 10.8 Å². The van der Waals surface area contributed by atoms with Gasteiger partial charge in [-0.3, -0.25) is 9.59 Å². The number of alkyl halides is 3. The van der Waals surface area contributed by atoms with E-state index in [9.17, 15) is 22.8 Å². The molecule has 0 aliphatic heterocycles. The summed E-state index contributed by atoms with van der Waals surface area (Å²) in [6, 6.07) is 9.90. The van der Waals surface area contributed by atoms with Crippen LogP contribution in [0.1, 0.15) is 32.1 Å². The molecule has 1 aromatic carbocycles. The van der Waals surface area contributed by atoms with E-state index in [0.29, 0.717) is 23.4 Å². The fraction of sp³-hybridized carbons (Fsp3) is 0.250. The number of nitrogens with two attached hydrogens (primary N) is 1. The fourth-order valence-corrected chi connectivity index (χ4v) is 3.35. The van der Waals surface area contributed by atoms with Crippen molar-refractivity contribution in [2.75, 3.05) is 26.0 Å². The smallest absolute Gasteiger partial charge is 0.387 e. The summed E-state index contributed by atoms with van der Waals surface area (Å²) in [5.41, 5.74) is 9.69. The summed E-state index contributed by atoms with van der Waals surface area (Å²) in [7, 11) is 3.52. The lowest BCUT2D eigenvalue weighted by molar-refractivity contribution is -0.0603. The largest absolute Gasteiger partial charge is 0.450 e. The zero-order valence-corrected chi connectivity index (χ0v) is 23.1. The number of rotatable bonds is 8. The van der Waals surface area contributed by atoms with Gasteiger partial charge in [0.1, 0.15) is 5.69 Å². The quantitative estimate of drug-likeness (QED) is 0.0988. The van der Waals surface area contributed by atoms with Gasteiger partial charge in [0.2, 0.25) is 5.84 Å². The lowest BCUT2D eigenvalue weighted by Gasteiger charge is -2.07. The summed E-state index contributed by atoms with van der Waals surface area (Å²) < 4.78 is 37.7. The van der Waals surface area contributed by atoms with E-state index in [1.54, 1.807) is 32.3 Å². The van der Waals surface area contributed by atoms with Crippen LogP contribution in [-0.4, -0.2) is 60.0 Å². The topological polar surface area (TPSA) is 163 Å². The molecule has 0 spiro atoms. The van der Waals surface area contributed by atoms with E-state index in [1.165, 1.54) is 16.9 Å². The first-order valence-electron chi connectivity index (χ1n) is 11.2. The van der Waals surface area contributed by atoms with Gasteiger partial charge in [-0.2, -0.15) is 28.6 Å². The molecule has 16 heteroatoms. The number of nitriles is 1. The lowest BCUT2D eigenvalue weighted by Crippen LogP contribution is -2.33. The molecule has 0 saturated carbocycles. The van der Waals surface area contributed by atoms with Crippen LogP contribution in [0.2, 0.25) is 10.0 Å². The van der Waals surface area contributed by atoms with Gasteiger partial charge in [-0.05, 0) is 49.9 Å². The number of hydrogen-bond donors (Lipinski definition) is 4. The van der Waals surface area contributed by atoms with Gasteiger partial charge in [0.25, 0.3) is 0 Å². The SMILES string of the molecule is CNCC#N.CNc1c(C)cc(Cl)cc1C=O.N/C(=N\NCc1cc(C=O)n(-c2ncccc2Cl)n1)C(F)(F)F. The Labute approximate surface area is 238 Å². The fourth-order valence-electron chi connectivity index (χ4n) is 2.87. The van der Waals surface area contributed by atoms with Crippen LogP contribution < -0.4 is 21.8 Å². The predicted molar refractivity (Wildman–Crippen MR) is 147 cm³/mol. The Morgan fingerprint density at radius 1 is 1.23 bits per heavy atom. The zero-order chi connectivity index (χ0) is 30.3. The zero-order valence-electron chi connectivity index (χ0n) is 21.6. The first kappa shape index (κ1) is 33.8. The van der Waals surface area contributed by atoms with Gasteiger partial charge in [0.15, 0.2) is 18.4 Å². The van der Waals surface area contributed by atoms with Crippen molar-refractivity contribution in [3.8, 4) is 11.9 Å². The number of nitrogens with zero attached hydrogens (tertiary/aromatic N) is 5. The first-order valence-corrected chi connectivity index (χ1v) is 11.9. The van der Waals surface area contributed by atoms with Gasteiger partial charge in [0.05, 0.1) is 29.9 Å². The summed E-state index contributed by atoms with van der Waals surface area (Å²) >= 11 is 11.7. The summed E-state index contributed by atoms with van der Waals surface area (Å²) in [6.07, 6.45) is -1.94. The van der Waals surface area contributed by atoms with Crippen LogP contribution in [0, 0.1) is 18.3 Å². The molecule has 2 heterocycles. The number of carbonyl (C=O) groups is 2. The number of halogens is 5. The molecule has 214 valence electrons. The van der Waals surface area contributed by atoms with Crippen LogP contribution in [0.15, 0.2) is 41.6 Å². The number of hydrazone groups is 1. The molecule has 0 atom stereocenters. The highest BCUT2D eigenvalue weighted by Gasteiger charge is 2.33. The third-order valence-electron chi connectivity index (χ3n) is 4.56. The highest BCUT2D eigenvalue weighted by molar-refractivity contribution is 6.32. The van der Waals surface area contributed by atoms with Crippen LogP contribution in [0.25, 0.3) is 5.82 Å². The van der Waals surface area contributed by atoms with Gasteiger partial charge < -0.3 is 21.8 Å². The van der Waals surface area contributed by atoms with Crippen LogP contribution in [0.3, 0.4) is 0 Å². The third kappa shape index (κ3) is 10.5. The number of nitrogens with one attached hydrogen (secondary N) is 3. The van der Waals surface area contributed by atoms with E-state index < -0.39 is 12.0 Å². The minimum Gasteiger partial charge on any atom is -0.387 e. The molecule has 5 N–H and O–H groups in total. The molecule has 2 aromatic heterocycles. The Bertz CT molecular complexity index is 1360. The summed E-state index contributed by atoms with van der Waals surface area (Å²) in [5.74, 6) is -1.29. The molecular formula is C24H26Cl2F3N9O2. The van der Waals surface area contributed by atoms with Crippen molar-refractivity contribution in [1.29, 1.82) is 5.26 Å². The number of pyridine rings is 1. The number of carbonyl (C=O) groups excluding carboxylic acids is 2.